The number of nitrogens with zero attached hydrogens (tertiary/aromatic N) is 1. The van der Waals surface area contributed by atoms with E-state index in [1.165, 1.54) is 4.90 Å². The van der Waals surface area contributed by atoms with Gasteiger partial charge in [0.1, 0.15) is 17.4 Å². The van der Waals surface area contributed by atoms with E-state index in [2.05, 4.69) is 0 Å². The second-order valence-corrected chi connectivity index (χ2v) is 5.78. The molecule has 0 aliphatic carbocycles. The van der Waals surface area contributed by atoms with Crippen molar-refractivity contribution in [3.8, 4) is 0 Å². The number of nitrogens with one attached hydrogen (secondary N) is 1. The highest BCUT2D eigenvalue weighted by atomic mass is 16.6. The van der Waals surface area contributed by atoms with E-state index in [0.717, 1.165) is 0 Å². The number of nitrogens with two attached hydrogens (primary N) is 1. The number of amides is 1. The molecule has 21 heavy (non-hydrogen) atoms. The molecule has 0 saturated heterocycles. The van der Waals surface area contributed by atoms with Crippen molar-refractivity contribution in [3.63, 3.8) is 0 Å². The summed E-state index contributed by atoms with van der Waals surface area (Å²) in [6.45, 7) is 5.08. The Morgan fingerprint density at radius 3 is 2.43 bits per heavy atom. The van der Waals surface area contributed by atoms with E-state index < -0.39 is 29.5 Å². The Labute approximate surface area is 122 Å². The summed E-state index contributed by atoms with van der Waals surface area (Å²) in [6, 6.07) is 0. The maximum atomic E-state index is 12.0. The Hall–Kier alpha value is -1.93. The van der Waals surface area contributed by atoms with Crippen LogP contribution in [0.1, 0.15) is 20.8 Å². The lowest BCUT2D eigenvalue weighted by molar-refractivity contribution is -0.585. The van der Waals surface area contributed by atoms with E-state index in [0.29, 0.717) is 5.70 Å². The van der Waals surface area contributed by atoms with Gasteiger partial charge in [0, 0.05) is 0 Å². The molecule has 1 rings (SSSR count). The van der Waals surface area contributed by atoms with Gasteiger partial charge in [0.2, 0.25) is 0 Å². The Morgan fingerprint density at radius 2 is 2.00 bits per heavy atom. The monoisotopic (exact) mass is 300 g/mol. The van der Waals surface area contributed by atoms with Gasteiger partial charge in [0.15, 0.2) is 5.71 Å². The van der Waals surface area contributed by atoms with Crippen LogP contribution in [0.4, 0.5) is 4.79 Å². The number of aliphatic hydroxyl groups excluding tert-OH is 1. The molecule has 0 fully saturated rings. The van der Waals surface area contributed by atoms with E-state index >= 15 is 0 Å². The molecule has 0 aromatic carbocycles. The highest BCUT2D eigenvalue weighted by Gasteiger charge is 2.36. The molecule has 118 valence electrons. The van der Waals surface area contributed by atoms with Crippen molar-refractivity contribution in [2.75, 3.05) is 20.1 Å². The number of hydrogen-bond acceptors (Lipinski definition) is 5. The Bertz CT molecular complexity index is 493. The maximum absolute atomic E-state index is 12.0. The van der Waals surface area contributed by atoms with Gasteiger partial charge in [-0.25, -0.2) is 9.59 Å². The Morgan fingerprint density at radius 1 is 1.43 bits per heavy atom. The predicted molar refractivity (Wildman–Crippen MR) is 74.1 cm³/mol. The molecule has 5 N–H and O–H groups in total. The van der Waals surface area contributed by atoms with Crippen LogP contribution < -0.4 is 5.32 Å². The third kappa shape index (κ3) is 4.27. The standard InChI is InChI=1S/C13H21N3O5/c1-13(2,3)21-12(20)16-5-7(9(14)11(18)19)10(15-4)8(17)6-16/h8,14-15,17H,5-6H2,1-4H3,(H,18,19)/p+1. The number of aliphatic carboxylic acids is 1. The smallest absolute Gasteiger partial charge is 0.410 e. The van der Waals surface area contributed by atoms with Crippen molar-refractivity contribution in [3.05, 3.63) is 11.3 Å². The van der Waals surface area contributed by atoms with Crippen LogP contribution in [0.3, 0.4) is 0 Å². The molecule has 0 radical (unpaired) electrons. The summed E-state index contributed by atoms with van der Waals surface area (Å²) in [4.78, 5) is 24.2. The number of ether oxygens (including phenoxy) is 1. The van der Waals surface area contributed by atoms with Crippen LogP contribution in [0.5, 0.6) is 0 Å². The van der Waals surface area contributed by atoms with Gasteiger partial charge in [-0.2, -0.15) is 0 Å². The van der Waals surface area contributed by atoms with Crippen LogP contribution in [-0.4, -0.2) is 64.7 Å². The molecule has 0 saturated carbocycles. The number of hydrogen-bond donors (Lipinski definition) is 4. The summed E-state index contributed by atoms with van der Waals surface area (Å²) < 4.78 is 5.21. The highest BCUT2D eigenvalue weighted by Crippen LogP contribution is 2.18. The first kappa shape index (κ1) is 17.1. The van der Waals surface area contributed by atoms with Crippen molar-refractivity contribution < 1.29 is 29.9 Å². The zero-order chi connectivity index (χ0) is 16.4. The van der Waals surface area contributed by atoms with E-state index in [9.17, 15) is 14.7 Å². The number of carbonyl (C=O) groups excluding carboxylic acids is 1. The summed E-state index contributed by atoms with van der Waals surface area (Å²) in [5, 5.41) is 28.2. The number of carbonyl (C=O) groups is 2. The van der Waals surface area contributed by atoms with Gasteiger partial charge in [-0.3, -0.25) is 5.41 Å². The molecule has 0 spiro atoms. The topological polar surface area (TPSA) is 128 Å². The fourth-order valence-corrected chi connectivity index (χ4v) is 2.04. The number of β-amino-alcohol motifs (C(OH)–C–C–N with tert-alkyl or cyclic N) is 1. The quantitative estimate of drug-likeness (QED) is 0.505. The highest BCUT2D eigenvalue weighted by molar-refractivity contribution is 6.41. The number of carboxylic acids is 1. The predicted octanol–water partition coefficient (Wildman–Crippen LogP) is -0.850. The number of carboxylic acid groups (broad SMARTS) is 1. The van der Waals surface area contributed by atoms with Crippen LogP contribution >= 0.6 is 0 Å². The number of rotatable bonds is 3. The zero-order valence-corrected chi connectivity index (χ0v) is 12.6. The van der Waals surface area contributed by atoms with Crippen LogP contribution in [0.15, 0.2) is 11.3 Å². The van der Waals surface area contributed by atoms with Gasteiger partial charge in [0.05, 0.1) is 25.7 Å². The lowest BCUT2D eigenvalue weighted by atomic mass is 9.99. The maximum Gasteiger partial charge on any atom is 0.410 e. The first-order chi connectivity index (χ1) is 9.56. The van der Waals surface area contributed by atoms with Crippen LogP contribution in [0.2, 0.25) is 0 Å². The fraction of sp³-hybridized carbons (Fsp3) is 0.615. The minimum atomic E-state index is -1.40. The molecule has 0 aromatic rings. The summed E-state index contributed by atoms with van der Waals surface area (Å²) in [5.41, 5.74) is -0.837. The molecule has 1 atom stereocenters. The average molecular weight is 300 g/mol. The minimum absolute atomic E-state index is 0.00495. The van der Waals surface area contributed by atoms with Gasteiger partial charge in [-0.15, -0.1) is 0 Å². The molecule has 8 nitrogen and oxygen atoms in total. The first-order valence-corrected chi connectivity index (χ1v) is 6.57. The molecule has 1 heterocycles. The van der Waals surface area contributed by atoms with Crippen molar-refractivity contribution in [2.24, 2.45) is 0 Å². The van der Waals surface area contributed by atoms with Crippen LogP contribution in [0.25, 0.3) is 0 Å². The van der Waals surface area contributed by atoms with E-state index in [1.807, 2.05) is 0 Å². The number of quaternary nitrogens is 1. The average Bonchev–Trinajstić information content (AvgIpc) is 2.34. The summed E-state index contributed by atoms with van der Waals surface area (Å²) >= 11 is 0. The summed E-state index contributed by atoms with van der Waals surface area (Å²) in [5.74, 6) is -1.40. The summed E-state index contributed by atoms with van der Waals surface area (Å²) in [7, 11) is 1.65. The molecule has 0 bridgehead atoms. The second kappa shape index (κ2) is 6.23. The van der Waals surface area contributed by atoms with Gasteiger partial charge < -0.3 is 25.2 Å². The molecule has 1 unspecified atom stereocenters. The molecule has 0 aromatic heterocycles. The molecular weight excluding hydrogens is 278 g/mol. The third-order valence-electron chi connectivity index (χ3n) is 2.93. The second-order valence-electron chi connectivity index (χ2n) is 5.78. The first-order valence-electron chi connectivity index (χ1n) is 6.57. The van der Waals surface area contributed by atoms with E-state index in [-0.39, 0.29) is 18.7 Å². The molecule has 8 heteroatoms. The van der Waals surface area contributed by atoms with Gasteiger partial charge in [-0.1, -0.05) is 0 Å². The van der Waals surface area contributed by atoms with Crippen LogP contribution in [-0.2, 0) is 9.53 Å². The van der Waals surface area contributed by atoms with Gasteiger partial charge >= 0.3 is 12.1 Å². The SMILES string of the molecule is C[NH2+]C1=C(C(=N)C(=O)O)CN(C(=O)OC(C)(C)C)CC1O. The van der Waals surface area contributed by atoms with Crippen molar-refractivity contribution in [1.29, 1.82) is 5.41 Å². The van der Waals surface area contributed by atoms with E-state index in [1.54, 1.807) is 33.1 Å². The zero-order valence-electron chi connectivity index (χ0n) is 12.6. The van der Waals surface area contributed by atoms with Crippen molar-refractivity contribution >= 4 is 17.8 Å². The number of aliphatic hydroxyl groups is 1. The lowest BCUT2D eigenvalue weighted by Gasteiger charge is -2.33. The van der Waals surface area contributed by atoms with Gasteiger partial charge in [-0.05, 0) is 20.8 Å². The lowest BCUT2D eigenvalue weighted by Crippen LogP contribution is -2.82. The molecule has 1 aliphatic heterocycles. The summed E-state index contributed by atoms with van der Waals surface area (Å²) in [6.07, 6.45) is -1.68. The number of likely N-dealkylation sites (N-methyl/N-ethyl adjacent to an activating group) is 1. The van der Waals surface area contributed by atoms with Crippen molar-refractivity contribution in [1.82, 2.24) is 4.90 Å². The third-order valence-corrected chi connectivity index (χ3v) is 2.93. The minimum Gasteiger partial charge on any atom is -0.477 e. The van der Waals surface area contributed by atoms with E-state index in [4.69, 9.17) is 15.3 Å². The van der Waals surface area contributed by atoms with Crippen molar-refractivity contribution in [2.45, 2.75) is 32.5 Å². The Kier molecular flexibility index (Phi) is 5.08. The Balaban J connectivity index is 3.03. The largest absolute Gasteiger partial charge is 0.477 e. The fourth-order valence-electron chi connectivity index (χ4n) is 2.04. The molecule has 1 aliphatic rings. The van der Waals surface area contributed by atoms with Gasteiger partial charge in [0.25, 0.3) is 0 Å². The molecule has 1 amide bonds. The normalized spacial score (nSPS) is 19.5. The van der Waals surface area contributed by atoms with Crippen LogP contribution in [0, 0.1) is 5.41 Å². The molecular formula is C13H22N3O5+.